The van der Waals surface area contributed by atoms with Crippen LogP contribution >= 0.6 is 23.2 Å². The molecule has 4 aromatic carbocycles. The lowest BCUT2D eigenvalue weighted by Gasteiger charge is -2.38. The van der Waals surface area contributed by atoms with Crippen LogP contribution in [0, 0.1) is 11.8 Å². The van der Waals surface area contributed by atoms with E-state index in [4.69, 9.17) is 37.4 Å². The summed E-state index contributed by atoms with van der Waals surface area (Å²) in [5.74, 6) is 0.550. The van der Waals surface area contributed by atoms with Crippen LogP contribution in [0.1, 0.15) is 65.5 Å². The van der Waals surface area contributed by atoms with Gasteiger partial charge in [-0.3, -0.25) is 9.59 Å². The van der Waals surface area contributed by atoms with Gasteiger partial charge < -0.3 is 45.7 Å². The predicted octanol–water partition coefficient (Wildman–Crippen LogP) is 9.44. The van der Waals surface area contributed by atoms with Gasteiger partial charge in [-0.15, -0.1) is 0 Å². The molecule has 2 atom stereocenters. The first-order valence-electron chi connectivity index (χ1n) is 21.2. The molecule has 0 aliphatic heterocycles. The van der Waals surface area contributed by atoms with Crippen LogP contribution in [0.5, 0.6) is 23.0 Å². The number of anilines is 4. The minimum absolute atomic E-state index is 0.0382. The van der Waals surface area contributed by atoms with Crippen molar-refractivity contribution in [1.29, 1.82) is 0 Å². The fraction of sp³-hybridized carbons (Fsp3) is 0.375. The van der Waals surface area contributed by atoms with Crippen LogP contribution in [0.25, 0.3) is 21.8 Å². The van der Waals surface area contributed by atoms with E-state index in [1.165, 1.54) is 26.9 Å². The first-order chi connectivity index (χ1) is 30.8. The average molecular weight is 928 g/mol. The first-order valence-corrected chi connectivity index (χ1v) is 22.0. The highest BCUT2D eigenvalue weighted by Crippen LogP contribution is 2.37. The number of amides is 2. The van der Waals surface area contributed by atoms with Gasteiger partial charge in [0.1, 0.15) is 24.3 Å². The maximum atomic E-state index is 13.4. The molecular formula is C48H56Cl2N8O7. The predicted molar refractivity (Wildman–Crippen MR) is 255 cm³/mol. The number of aromatic hydroxyl groups is 2. The van der Waals surface area contributed by atoms with Crippen LogP contribution in [0.15, 0.2) is 73.3 Å². The Labute approximate surface area is 388 Å². The molecule has 0 saturated heterocycles. The zero-order valence-electron chi connectivity index (χ0n) is 37.8. The van der Waals surface area contributed by atoms with E-state index in [2.05, 4.69) is 41.2 Å². The summed E-state index contributed by atoms with van der Waals surface area (Å²) in [7, 11) is 2.95. The standard InChI is InChI=1S/C48H56Cl2N8O7/c1-27(45(61)51-15-13-29-9-11-31(49)17-35(29)57-43-33-19-39(59)41(63-7)21-37(33)53-25-55-43)23-47(3,4)65-48(5,6)24-28(2)46(62)52-16-14-30-10-12-32(50)18-36(30)58-44-34-20-40(60)42(64-8)22-38(34)54-26-56-44/h9-12,17-22,25-28,59-60H,13-16,23-24H2,1-8H3,(H,51,61)(H,52,62)(H,53,55,57)(H,54,56,58). The zero-order chi connectivity index (χ0) is 47.1. The molecule has 0 aliphatic rings. The molecule has 0 fully saturated rings. The van der Waals surface area contributed by atoms with Gasteiger partial charge in [-0.05, 0) is 101 Å². The molecule has 6 N–H and O–H groups in total. The van der Waals surface area contributed by atoms with Crippen LogP contribution in [-0.4, -0.2) is 80.5 Å². The number of nitrogens with one attached hydrogen (secondary N) is 4. The Kier molecular flexibility index (Phi) is 15.4. The van der Waals surface area contributed by atoms with Crippen molar-refractivity contribution in [3.8, 4) is 23.0 Å². The summed E-state index contributed by atoms with van der Waals surface area (Å²) in [5, 5.41) is 35.9. The molecule has 0 spiro atoms. The van der Waals surface area contributed by atoms with E-state index in [1.807, 2.05) is 53.7 Å². The van der Waals surface area contributed by atoms with Gasteiger partial charge in [0, 0.05) is 69.3 Å². The summed E-state index contributed by atoms with van der Waals surface area (Å²) in [5.41, 5.74) is 3.03. The fourth-order valence-corrected chi connectivity index (χ4v) is 8.52. The maximum Gasteiger partial charge on any atom is 0.222 e. The van der Waals surface area contributed by atoms with Crippen molar-refractivity contribution in [3.63, 3.8) is 0 Å². The Morgan fingerprint density at radius 3 is 1.42 bits per heavy atom. The van der Waals surface area contributed by atoms with Crippen LogP contribution in [0.2, 0.25) is 10.0 Å². The number of aromatic nitrogens is 4. The van der Waals surface area contributed by atoms with Crippen molar-refractivity contribution < 1.29 is 34.0 Å². The monoisotopic (exact) mass is 926 g/mol. The number of ether oxygens (including phenoxy) is 3. The van der Waals surface area contributed by atoms with Gasteiger partial charge in [0.2, 0.25) is 11.8 Å². The Morgan fingerprint density at radius 2 is 1.03 bits per heavy atom. The van der Waals surface area contributed by atoms with Crippen LogP contribution in [-0.2, 0) is 27.2 Å². The molecule has 65 heavy (non-hydrogen) atoms. The lowest BCUT2D eigenvalue weighted by Crippen LogP contribution is -2.43. The summed E-state index contributed by atoms with van der Waals surface area (Å²) in [4.78, 5) is 44.2. The van der Waals surface area contributed by atoms with Crippen molar-refractivity contribution in [2.75, 3.05) is 37.9 Å². The van der Waals surface area contributed by atoms with Gasteiger partial charge in [0.05, 0.1) is 36.5 Å². The number of nitrogens with zero attached hydrogens (tertiary/aromatic N) is 4. The van der Waals surface area contributed by atoms with E-state index >= 15 is 0 Å². The average Bonchev–Trinajstić information content (AvgIpc) is 3.24. The Hall–Kier alpha value is -6.16. The second-order valence-corrected chi connectivity index (χ2v) is 18.2. The molecule has 0 bridgehead atoms. The lowest BCUT2D eigenvalue weighted by atomic mass is 9.90. The molecule has 2 unspecified atom stereocenters. The fourth-order valence-electron chi connectivity index (χ4n) is 8.17. The summed E-state index contributed by atoms with van der Waals surface area (Å²) >= 11 is 12.8. The third-order valence-corrected chi connectivity index (χ3v) is 11.4. The Balaban J connectivity index is 0.980. The number of benzene rings is 4. The highest BCUT2D eigenvalue weighted by Gasteiger charge is 2.34. The summed E-state index contributed by atoms with van der Waals surface area (Å²) in [6.45, 7) is 12.3. The maximum absolute atomic E-state index is 13.4. The molecule has 344 valence electrons. The molecular weight excluding hydrogens is 871 g/mol. The zero-order valence-corrected chi connectivity index (χ0v) is 39.3. The van der Waals surface area contributed by atoms with Crippen LogP contribution in [0.4, 0.5) is 23.0 Å². The Morgan fingerprint density at radius 1 is 0.631 bits per heavy atom. The first kappa shape index (κ1) is 48.3. The second-order valence-electron chi connectivity index (χ2n) is 17.3. The number of rotatable bonds is 20. The number of carbonyl (C=O) groups excluding carboxylic acids is 2. The number of fused-ring (bicyclic) bond motifs is 2. The molecule has 6 aromatic rings. The normalized spacial score (nSPS) is 12.7. The number of hydrogen-bond donors (Lipinski definition) is 6. The number of hydrogen-bond acceptors (Lipinski definition) is 13. The van der Waals surface area contributed by atoms with Crippen molar-refractivity contribution >= 4 is 79.8 Å². The number of halogens is 2. The van der Waals surface area contributed by atoms with E-state index in [1.54, 1.807) is 48.5 Å². The van der Waals surface area contributed by atoms with E-state index < -0.39 is 11.2 Å². The lowest BCUT2D eigenvalue weighted by molar-refractivity contribution is -0.150. The second kappa shape index (κ2) is 20.8. The molecule has 0 radical (unpaired) electrons. The minimum atomic E-state index is -0.680. The number of carbonyl (C=O) groups is 2. The largest absolute Gasteiger partial charge is 0.504 e. The molecule has 2 aromatic heterocycles. The quantitative estimate of drug-likeness (QED) is 0.0423. The number of phenolic OH excluding ortho intramolecular Hbond substituents is 2. The van der Waals surface area contributed by atoms with Crippen molar-refractivity contribution in [2.45, 2.75) is 78.4 Å². The van der Waals surface area contributed by atoms with E-state index in [0.717, 1.165) is 11.1 Å². The summed E-state index contributed by atoms with van der Waals surface area (Å²) in [6.07, 6.45) is 4.77. The van der Waals surface area contributed by atoms with Gasteiger partial charge >= 0.3 is 0 Å². The molecule has 17 heteroatoms. The summed E-state index contributed by atoms with van der Waals surface area (Å²) in [6, 6.07) is 17.3. The van der Waals surface area contributed by atoms with Gasteiger partial charge in [0.25, 0.3) is 0 Å². The topological polar surface area (TPSA) is 202 Å². The third kappa shape index (κ3) is 12.6. The highest BCUT2D eigenvalue weighted by molar-refractivity contribution is 6.31. The summed E-state index contributed by atoms with van der Waals surface area (Å²) < 4.78 is 17.1. The number of phenols is 2. The van der Waals surface area contributed by atoms with Crippen molar-refractivity contribution in [3.05, 3.63) is 94.5 Å². The molecule has 2 amide bonds. The van der Waals surface area contributed by atoms with E-state index in [9.17, 15) is 19.8 Å². The van der Waals surface area contributed by atoms with E-state index in [0.29, 0.717) is 105 Å². The molecule has 0 saturated carbocycles. The van der Waals surface area contributed by atoms with E-state index in [-0.39, 0.29) is 35.1 Å². The van der Waals surface area contributed by atoms with Gasteiger partial charge in [-0.25, -0.2) is 19.9 Å². The molecule has 2 heterocycles. The van der Waals surface area contributed by atoms with Crippen LogP contribution < -0.4 is 30.7 Å². The van der Waals surface area contributed by atoms with Gasteiger partial charge in [-0.1, -0.05) is 49.2 Å². The smallest absolute Gasteiger partial charge is 0.222 e. The highest BCUT2D eigenvalue weighted by atomic mass is 35.5. The minimum Gasteiger partial charge on any atom is -0.504 e. The Bertz CT molecular complexity index is 2500. The molecule has 15 nitrogen and oxygen atoms in total. The third-order valence-electron chi connectivity index (χ3n) is 11.0. The molecule has 6 rings (SSSR count). The van der Waals surface area contributed by atoms with Gasteiger partial charge in [-0.2, -0.15) is 0 Å². The molecule has 0 aliphatic carbocycles. The van der Waals surface area contributed by atoms with Crippen LogP contribution in [0.3, 0.4) is 0 Å². The van der Waals surface area contributed by atoms with Crippen molar-refractivity contribution in [2.24, 2.45) is 11.8 Å². The number of methoxy groups -OCH3 is 2. The van der Waals surface area contributed by atoms with Crippen molar-refractivity contribution in [1.82, 2.24) is 30.6 Å². The SMILES string of the molecule is COc1cc2ncnc(Nc3cc(Cl)ccc3CCNC(=O)C(C)CC(C)(C)OC(C)(C)CC(C)C(=O)NCCc3ccc(Cl)cc3Nc3ncnc4cc(OC)c(O)cc34)c2cc1O. The van der Waals surface area contributed by atoms with Gasteiger partial charge in [0.15, 0.2) is 23.0 Å².